The Morgan fingerprint density at radius 3 is 2.12 bits per heavy atom. The fraction of sp³-hybridized carbons (Fsp3) is 1.00. The van der Waals surface area contributed by atoms with Gasteiger partial charge in [0.2, 0.25) is 10.9 Å². The number of halogens is 1. The largest absolute Gasteiger partial charge is 0.245 e. The summed E-state index contributed by atoms with van der Waals surface area (Å²) >= 11 is 0. The van der Waals surface area contributed by atoms with E-state index in [9.17, 15) is 8.42 Å². The molecule has 0 amide bonds. The molecule has 0 atom stereocenters. The van der Waals surface area contributed by atoms with Gasteiger partial charge in [-0.3, -0.25) is 0 Å². The van der Waals surface area contributed by atoms with E-state index in [1.54, 1.807) is 6.92 Å². The SMILES string of the molecule is CCNN[SH](=O)=O.Cl. The van der Waals surface area contributed by atoms with Crippen molar-refractivity contribution in [3.63, 3.8) is 0 Å². The summed E-state index contributed by atoms with van der Waals surface area (Å²) in [6.45, 7) is 2.40. The maximum atomic E-state index is 9.62. The molecular weight excluding hydrogens is 152 g/mol. The first-order valence-electron chi connectivity index (χ1n) is 1.90. The summed E-state index contributed by atoms with van der Waals surface area (Å²) in [4.78, 5) is 2.00. The van der Waals surface area contributed by atoms with Crippen molar-refractivity contribution in [1.82, 2.24) is 10.3 Å². The molecule has 2 N–H and O–H groups in total. The van der Waals surface area contributed by atoms with Gasteiger partial charge in [-0.05, 0) is 0 Å². The molecule has 0 radical (unpaired) electrons. The van der Waals surface area contributed by atoms with E-state index in [1.165, 1.54) is 0 Å². The minimum atomic E-state index is -2.47. The number of hydrogen-bond acceptors (Lipinski definition) is 3. The van der Waals surface area contributed by atoms with E-state index < -0.39 is 10.9 Å². The lowest BCUT2D eigenvalue weighted by atomic mass is 10.8. The number of hydrazine groups is 1. The second kappa shape index (κ2) is 7.16. The quantitative estimate of drug-likeness (QED) is 0.369. The van der Waals surface area contributed by atoms with Gasteiger partial charge in [0.25, 0.3) is 0 Å². The van der Waals surface area contributed by atoms with Crippen molar-refractivity contribution in [2.45, 2.75) is 6.92 Å². The van der Waals surface area contributed by atoms with Crippen LogP contribution >= 0.6 is 12.4 Å². The smallest absolute Gasteiger partial charge is 0.214 e. The van der Waals surface area contributed by atoms with Crippen molar-refractivity contribution < 1.29 is 8.42 Å². The van der Waals surface area contributed by atoms with E-state index in [0.717, 1.165) is 0 Å². The standard InChI is InChI=1S/C2H8N2O2S.ClH/c1-2-3-4-7(5)6;/h3,7H,2H2,1H3,(H,4,5,6);1H. The summed E-state index contributed by atoms with van der Waals surface area (Å²) in [5.41, 5.74) is 2.40. The van der Waals surface area contributed by atoms with Crippen LogP contribution in [0.1, 0.15) is 6.92 Å². The van der Waals surface area contributed by atoms with Crippen molar-refractivity contribution in [2.24, 2.45) is 0 Å². The van der Waals surface area contributed by atoms with Gasteiger partial charge >= 0.3 is 0 Å². The van der Waals surface area contributed by atoms with E-state index in [1.807, 2.05) is 4.83 Å². The molecule has 0 fully saturated rings. The van der Waals surface area contributed by atoms with Gasteiger partial charge in [0.05, 0.1) is 0 Å². The maximum absolute atomic E-state index is 9.62. The van der Waals surface area contributed by atoms with Crippen LogP contribution in [0, 0.1) is 0 Å². The third-order valence-electron chi connectivity index (χ3n) is 0.347. The van der Waals surface area contributed by atoms with Crippen molar-refractivity contribution in [3.8, 4) is 0 Å². The highest BCUT2D eigenvalue weighted by Crippen LogP contribution is 1.44. The van der Waals surface area contributed by atoms with Crippen LogP contribution in [0.25, 0.3) is 0 Å². The third-order valence-corrected chi connectivity index (χ3v) is 0.688. The number of rotatable bonds is 3. The molecule has 0 aromatic heterocycles. The molecule has 52 valence electrons. The third kappa shape index (κ3) is 9.48. The number of thiol groups is 1. The van der Waals surface area contributed by atoms with Crippen LogP contribution in [0.2, 0.25) is 0 Å². The molecular formula is C2H9ClN2O2S. The lowest BCUT2D eigenvalue weighted by Crippen LogP contribution is -2.29. The summed E-state index contributed by atoms with van der Waals surface area (Å²) in [6, 6.07) is 0. The van der Waals surface area contributed by atoms with Gasteiger partial charge < -0.3 is 0 Å². The van der Waals surface area contributed by atoms with Crippen molar-refractivity contribution >= 4 is 23.3 Å². The topological polar surface area (TPSA) is 58.2 Å². The highest BCUT2D eigenvalue weighted by Gasteiger charge is 1.74. The van der Waals surface area contributed by atoms with Gasteiger partial charge in [0.1, 0.15) is 0 Å². The molecule has 0 heterocycles. The normalized spacial score (nSPS) is 8.75. The van der Waals surface area contributed by atoms with Gasteiger partial charge in [0, 0.05) is 6.54 Å². The van der Waals surface area contributed by atoms with E-state index in [-0.39, 0.29) is 12.4 Å². The molecule has 0 aliphatic rings. The highest BCUT2D eigenvalue weighted by atomic mass is 35.5. The summed E-state index contributed by atoms with van der Waals surface area (Å²) in [5.74, 6) is 0. The van der Waals surface area contributed by atoms with Crippen LogP contribution < -0.4 is 10.3 Å². The van der Waals surface area contributed by atoms with E-state index in [0.29, 0.717) is 6.54 Å². The molecule has 0 rings (SSSR count). The molecule has 0 aromatic rings. The molecule has 0 unspecified atom stereocenters. The summed E-state index contributed by atoms with van der Waals surface area (Å²) in [5, 5.41) is 0. The predicted molar refractivity (Wildman–Crippen MR) is 34.4 cm³/mol. The molecule has 0 saturated heterocycles. The fourth-order valence-electron chi connectivity index (χ4n) is 0.144. The van der Waals surface area contributed by atoms with E-state index in [2.05, 4.69) is 5.43 Å². The molecule has 0 aromatic carbocycles. The molecule has 4 nitrogen and oxygen atoms in total. The Morgan fingerprint density at radius 1 is 1.50 bits per heavy atom. The zero-order valence-electron chi connectivity index (χ0n) is 4.38. The monoisotopic (exact) mass is 160 g/mol. The number of hydrogen-bond donors (Lipinski definition) is 3. The molecule has 0 bridgehead atoms. The molecule has 6 heteroatoms. The average molecular weight is 161 g/mol. The molecule has 0 aliphatic heterocycles. The van der Waals surface area contributed by atoms with Gasteiger partial charge in [-0.1, -0.05) is 6.92 Å². The average Bonchev–Trinajstić information content (AvgIpc) is 1.61. The summed E-state index contributed by atoms with van der Waals surface area (Å²) in [6.07, 6.45) is 0. The first-order valence-corrected chi connectivity index (χ1v) is 3.08. The van der Waals surface area contributed by atoms with Crippen molar-refractivity contribution in [1.29, 1.82) is 0 Å². The first kappa shape index (κ1) is 11.0. The second-order valence-corrected chi connectivity index (χ2v) is 1.64. The Hall–Kier alpha value is 0.160. The van der Waals surface area contributed by atoms with Crippen molar-refractivity contribution in [2.75, 3.05) is 6.54 Å². The minimum Gasteiger partial charge on any atom is -0.245 e. The fourth-order valence-corrected chi connectivity index (χ4v) is 0.431. The van der Waals surface area contributed by atoms with E-state index in [4.69, 9.17) is 0 Å². The van der Waals surface area contributed by atoms with E-state index >= 15 is 0 Å². The van der Waals surface area contributed by atoms with Gasteiger partial charge in [-0.2, -0.15) is 4.83 Å². The van der Waals surface area contributed by atoms with Gasteiger partial charge in [-0.25, -0.2) is 13.8 Å². The Morgan fingerprint density at radius 2 is 2.00 bits per heavy atom. The summed E-state index contributed by atoms with van der Waals surface area (Å²) in [7, 11) is -2.47. The zero-order valence-corrected chi connectivity index (χ0v) is 6.09. The minimum absolute atomic E-state index is 0. The first-order chi connectivity index (χ1) is 3.27. The Kier molecular flexibility index (Phi) is 9.87. The molecule has 0 spiro atoms. The summed E-state index contributed by atoms with van der Waals surface area (Å²) < 4.78 is 19.2. The lowest BCUT2D eigenvalue weighted by Gasteiger charge is -1.90. The molecule has 0 aliphatic carbocycles. The van der Waals surface area contributed by atoms with Crippen LogP contribution in [0.3, 0.4) is 0 Å². The lowest BCUT2D eigenvalue weighted by molar-refractivity contribution is 0.581. The van der Waals surface area contributed by atoms with Crippen LogP contribution in [0.15, 0.2) is 0 Å². The van der Waals surface area contributed by atoms with Crippen LogP contribution in [-0.2, 0) is 10.9 Å². The van der Waals surface area contributed by atoms with Crippen LogP contribution in [0.5, 0.6) is 0 Å². The van der Waals surface area contributed by atoms with Gasteiger partial charge in [0.15, 0.2) is 0 Å². The predicted octanol–water partition coefficient (Wildman–Crippen LogP) is -0.951. The Balaban J connectivity index is 0. The van der Waals surface area contributed by atoms with Crippen LogP contribution in [-0.4, -0.2) is 15.0 Å². The maximum Gasteiger partial charge on any atom is 0.214 e. The van der Waals surface area contributed by atoms with Crippen LogP contribution in [0.4, 0.5) is 0 Å². The van der Waals surface area contributed by atoms with Crippen molar-refractivity contribution in [3.05, 3.63) is 0 Å². The molecule has 8 heavy (non-hydrogen) atoms. The molecule has 0 saturated carbocycles. The highest BCUT2D eigenvalue weighted by molar-refractivity contribution is 7.70. The Labute approximate surface area is 56.1 Å². The zero-order chi connectivity index (χ0) is 5.70. The van der Waals surface area contributed by atoms with Gasteiger partial charge in [-0.15, -0.1) is 12.4 Å². The second-order valence-electron chi connectivity index (χ2n) is 0.899. The number of nitrogens with one attached hydrogen (secondary N) is 2. The Bertz CT molecular complexity index is 96.2.